The fourth-order valence-electron chi connectivity index (χ4n) is 0.793. The summed E-state index contributed by atoms with van der Waals surface area (Å²) >= 11 is 0. The minimum Gasteiger partial charge on any atom is -0.480 e. The van der Waals surface area contributed by atoms with Gasteiger partial charge in [0.25, 0.3) is 0 Å². The van der Waals surface area contributed by atoms with Crippen LogP contribution in [0.2, 0.25) is 0 Å². The molecule has 1 rings (SSSR count). The van der Waals surface area contributed by atoms with Gasteiger partial charge in [0, 0.05) is 0 Å². The molecule has 0 aliphatic carbocycles. The van der Waals surface area contributed by atoms with Crippen LogP contribution in [0.3, 0.4) is 0 Å². The van der Waals surface area contributed by atoms with Crippen LogP contribution in [0.25, 0.3) is 0 Å². The van der Waals surface area contributed by atoms with Crippen LogP contribution in [0, 0.1) is 13.8 Å². The van der Waals surface area contributed by atoms with Gasteiger partial charge in [-0.15, -0.1) is 0 Å². The van der Waals surface area contributed by atoms with E-state index in [0.717, 1.165) is 11.4 Å². The molecule has 0 aliphatic heterocycles. The smallest absolute Gasteiger partial charge is 0.322 e. The van der Waals surface area contributed by atoms with Crippen molar-refractivity contribution >= 4 is 11.8 Å². The van der Waals surface area contributed by atoms with Gasteiger partial charge >= 0.3 is 5.97 Å². The number of carboxylic acid groups (broad SMARTS) is 1. The number of nitrogens with one attached hydrogen (secondary N) is 1. The Morgan fingerprint density at radius 1 is 1.54 bits per heavy atom. The zero-order valence-corrected chi connectivity index (χ0v) is 7.53. The molecular weight excluding hydrogens is 170 g/mol. The highest BCUT2D eigenvalue weighted by Crippen LogP contribution is 2.04. The predicted molar refractivity (Wildman–Crippen MR) is 47.6 cm³/mol. The van der Waals surface area contributed by atoms with Gasteiger partial charge in [0.15, 0.2) is 0 Å². The lowest BCUT2D eigenvalue weighted by Gasteiger charge is -2.03. The van der Waals surface area contributed by atoms with Crippen molar-refractivity contribution in [1.29, 1.82) is 0 Å². The summed E-state index contributed by atoms with van der Waals surface area (Å²) in [6.07, 6.45) is 1.52. The molecule has 1 heterocycles. The van der Waals surface area contributed by atoms with E-state index in [9.17, 15) is 4.79 Å². The van der Waals surface area contributed by atoms with E-state index in [1.807, 2.05) is 13.8 Å². The largest absolute Gasteiger partial charge is 0.480 e. The molecule has 2 N–H and O–H groups in total. The Balaban J connectivity index is 2.68. The van der Waals surface area contributed by atoms with Crippen molar-refractivity contribution in [2.75, 3.05) is 11.9 Å². The van der Waals surface area contributed by atoms with Crippen molar-refractivity contribution in [2.24, 2.45) is 0 Å². The average molecular weight is 181 g/mol. The van der Waals surface area contributed by atoms with Crippen molar-refractivity contribution < 1.29 is 9.90 Å². The van der Waals surface area contributed by atoms with Crippen molar-refractivity contribution in [1.82, 2.24) is 9.97 Å². The van der Waals surface area contributed by atoms with Gasteiger partial charge in [-0.2, -0.15) is 0 Å². The molecule has 0 aromatic carbocycles. The molecule has 0 amide bonds. The highest BCUT2D eigenvalue weighted by Gasteiger charge is 2.00. The third kappa shape index (κ3) is 2.70. The second kappa shape index (κ2) is 3.84. The number of carbonyl (C=O) groups is 1. The topological polar surface area (TPSA) is 75.1 Å². The van der Waals surface area contributed by atoms with Crippen molar-refractivity contribution in [2.45, 2.75) is 13.8 Å². The lowest BCUT2D eigenvalue weighted by Crippen LogP contribution is -2.13. The van der Waals surface area contributed by atoms with Crippen LogP contribution in [-0.2, 0) is 4.79 Å². The minimum absolute atomic E-state index is 0.142. The molecule has 0 radical (unpaired) electrons. The molecule has 13 heavy (non-hydrogen) atoms. The molecule has 0 spiro atoms. The van der Waals surface area contributed by atoms with Crippen LogP contribution >= 0.6 is 0 Å². The summed E-state index contributed by atoms with van der Waals surface area (Å²) in [4.78, 5) is 18.4. The molecular formula is C8H11N3O2. The lowest BCUT2D eigenvalue weighted by atomic mass is 10.3. The second-order valence-corrected chi connectivity index (χ2v) is 2.67. The molecule has 0 bridgehead atoms. The fraction of sp³-hybridized carbons (Fsp3) is 0.375. The summed E-state index contributed by atoms with van der Waals surface area (Å²) in [5.74, 6) is -0.425. The number of nitrogens with zero attached hydrogens (tertiary/aromatic N) is 2. The molecule has 0 unspecified atom stereocenters. The van der Waals surface area contributed by atoms with Crippen LogP contribution in [0.5, 0.6) is 0 Å². The maximum atomic E-state index is 10.2. The quantitative estimate of drug-likeness (QED) is 0.713. The summed E-state index contributed by atoms with van der Waals surface area (Å²) in [7, 11) is 0. The number of aromatic nitrogens is 2. The Labute approximate surface area is 75.8 Å². The van der Waals surface area contributed by atoms with Gasteiger partial charge in [-0.25, -0.2) is 4.98 Å². The third-order valence-electron chi connectivity index (χ3n) is 1.61. The number of carboxylic acids is 1. The Kier molecular flexibility index (Phi) is 2.79. The molecule has 0 fully saturated rings. The van der Waals surface area contributed by atoms with Crippen LogP contribution in [-0.4, -0.2) is 27.6 Å². The van der Waals surface area contributed by atoms with Gasteiger partial charge in [0.1, 0.15) is 12.4 Å². The number of hydrogen-bond acceptors (Lipinski definition) is 4. The van der Waals surface area contributed by atoms with Gasteiger partial charge < -0.3 is 10.4 Å². The Hall–Kier alpha value is -1.65. The number of rotatable bonds is 3. The van der Waals surface area contributed by atoms with Gasteiger partial charge in [0.2, 0.25) is 0 Å². The fourth-order valence-corrected chi connectivity index (χ4v) is 0.793. The predicted octanol–water partition coefficient (Wildman–Crippen LogP) is 0.590. The summed E-state index contributed by atoms with van der Waals surface area (Å²) in [6, 6.07) is 0. The first-order valence-electron chi connectivity index (χ1n) is 3.85. The zero-order valence-electron chi connectivity index (χ0n) is 7.53. The summed E-state index contributed by atoms with van der Waals surface area (Å²) < 4.78 is 0. The van der Waals surface area contributed by atoms with E-state index in [0.29, 0.717) is 5.82 Å². The maximum Gasteiger partial charge on any atom is 0.322 e. The van der Waals surface area contributed by atoms with Crippen molar-refractivity contribution in [3.8, 4) is 0 Å². The normalized spacial score (nSPS) is 9.69. The molecule has 0 saturated carbocycles. The van der Waals surface area contributed by atoms with Gasteiger partial charge in [0.05, 0.1) is 17.6 Å². The number of hydrogen-bond donors (Lipinski definition) is 2. The van der Waals surface area contributed by atoms with E-state index < -0.39 is 5.97 Å². The van der Waals surface area contributed by atoms with Crippen LogP contribution in [0.1, 0.15) is 11.4 Å². The molecule has 5 heteroatoms. The zero-order chi connectivity index (χ0) is 9.84. The highest BCUT2D eigenvalue weighted by atomic mass is 16.4. The molecule has 1 aromatic heterocycles. The highest BCUT2D eigenvalue weighted by molar-refractivity contribution is 5.72. The molecule has 0 atom stereocenters. The van der Waals surface area contributed by atoms with E-state index in [-0.39, 0.29) is 6.54 Å². The molecule has 5 nitrogen and oxygen atoms in total. The second-order valence-electron chi connectivity index (χ2n) is 2.67. The molecule has 70 valence electrons. The first kappa shape index (κ1) is 9.44. The van der Waals surface area contributed by atoms with E-state index >= 15 is 0 Å². The molecule has 0 aliphatic rings. The van der Waals surface area contributed by atoms with Crippen molar-refractivity contribution in [3.63, 3.8) is 0 Å². The van der Waals surface area contributed by atoms with Gasteiger partial charge in [-0.3, -0.25) is 9.78 Å². The van der Waals surface area contributed by atoms with Crippen molar-refractivity contribution in [3.05, 3.63) is 17.6 Å². The Bertz CT molecular complexity index is 325. The van der Waals surface area contributed by atoms with Crippen LogP contribution in [0.4, 0.5) is 5.82 Å². The van der Waals surface area contributed by atoms with Crippen LogP contribution < -0.4 is 5.32 Å². The molecule has 0 saturated heterocycles. The van der Waals surface area contributed by atoms with Gasteiger partial charge in [-0.1, -0.05) is 0 Å². The first-order chi connectivity index (χ1) is 6.09. The maximum absolute atomic E-state index is 10.2. The average Bonchev–Trinajstić information content (AvgIpc) is 2.07. The monoisotopic (exact) mass is 181 g/mol. The van der Waals surface area contributed by atoms with E-state index in [1.54, 1.807) is 0 Å². The standard InChI is InChI=1S/C8H11N3O2/c1-5-6(2)11-7(3-9-5)10-4-8(12)13/h3H,4H2,1-2H3,(H,10,11)(H,12,13). The van der Waals surface area contributed by atoms with E-state index in [1.165, 1.54) is 6.20 Å². The SMILES string of the molecule is Cc1ncc(NCC(=O)O)nc1C. The summed E-state index contributed by atoms with van der Waals surface area (Å²) in [6.45, 7) is 3.54. The lowest BCUT2D eigenvalue weighted by molar-refractivity contribution is -0.134. The summed E-state index contributed by atoms with van der Waals surface area (Å²) in [5, 5.41) is 11.0. The summed E-state index contributed by atoms with van der Waals surface area (Å²) in [5.41, 5.74) is 1.65. The van der Waals surface area contributed by atoms with Gasteiger partial charge in [-0.05, 0) is 13.8 Å². The third-order valence-corrected chi connectivity index (χ3v) is 1.61. The van der Waals surface area contributed by atoms with E-state index in [4.69, 9.17) is 5.11 Å². The number of aryl methyl sites for hydroxylation is 2. The Morgan fingerprint density at radius 2 is 2.23 bits per heavy atom. The van der Waals surface area contributed by atoms with E-state index in [2.05, 4.69) is 15.3 Å². The molecule has 1 aromatic rings. The first-order valence-corrected chi connectivity index (χ1v) is 3.85. The Morgan fingerprint density at radius 3 is 2.77 bits per heavy atom. The minimum atomic E-state index is -0.917. The van der Waals surface area contributed by atoms with Crippen LogP contribution in [0.15, 0.2) is 6.20 Å². The number of aliphatic carboxylic acids is 1. The number of anilines is 1.